The molecule has 1 atom stereocenters. The van der Waals surface area contributed by atoms with E-state index in [-0.39, 0.29) is 16.8 Å². The predicted molar refractivity (Wildman–Crippen MR) is 59.2 cm³/mol. The molecule has 0 spiro atoms. The largest absolute Gasteiger partial charge is 0.466 e. The Morgan fingerprint density at radius 2 is 2.12 bits per heavy atom. The maximum Gasteiger partial charge on any atom is 0.336 e. The molecule has 1 aromatic carbocycles. The number of hydrogen-bond acceptors (Lipinski definition) is 5. The van der Waals surface area contributed by atoms with Crippen LogP contribution in [0.25, 0.3) is 0 Å². The Morgan fingerprint density at radius 3 is 2.65 bits per heavy atom. The van der Waals surface area contributed by atoms with Crippen molar-refractivity contribution in [3.05, 3.63) is 52.1 Å². The normalized spacial score (nSPS) is 11.6. The second-order valence-electron chi connectivity index (χ2n) is 3.24. The van der Waals surface area contributed by atoms with Crippen LogP contribution in [-0.4, -0.2) is 23.1 Å². The standard InChI is InChI=1S/C11H11NO5/c1-7(11(14)17-2)10(13)8-5-3-4-6-9(8)12(15)16/h3-6,10,13H,1H2,2H3/t10-/m1/s1. The van der Waals surface area contributed by atoms with Crippen LogP contribution in [0.1, 0.15) is 11.7 Å². The molecule has 0 saturated carbocycles. The van der Waals surface area contributed by atoms with Crippen molar-refractivity contribution in [3.63, 3.8) is 0 Å². The minimum atomic E-state index is -1.45. The first-order valence-corrected chi connectivity index (χ1v) is 4.67. The van der Waals surface area contributed by atoms with Crippen molar-refractivity contribution in [2.75, 3.05) is 7.11 Å². The zero-order valence-corrected chi connectivity index (χ0v) is 9.12. The lowest BCUT2D eigenvalue weighted by atomic mass is 10.0. The fraction of sp³-hybridized carbons (Fsp3) is 0.182. The maximum atomic E-state index is 11.2. The fourth-order valence-corrected chi connectivity index (χ4v) is 1.32. The Balaban J connectivity index is 3.12. The van der Waals surface area contributed by atoms with Crippen molar-refractivity contribution in [2.24, 2.45) is 0 Å². The van der Waals surface area contributed by atoms with Crippen LogP contribution in [-0.2, 0) is 9.53 Å². The summed E-state index contributed by atoms with van der Waals surface area (Å²) in [5.74, 6) is -0.810. The number of rotatable bonds is 4. The molecule has 90 valence electrons. The van der Waals surface area contributed by atoms with Crippen LogP contribution >= 0.6 is 0 Å². The third-order valence-electron chi connectivity index (χ3n) is 2.21. The van der Waals surface area contributed by atoms with Crippen LogP contribution in [0.2, 0.25) is 0 Å². The van der Waals surface area contributed by atoms with E-state index >= 15 is 0 Å². The molecular formula is C11H11NO5. The number of para-hydroxylation sites is 1. The van der Waals surface area contributed by atoms with Crippen molar-refractivity contribution in [2.45, 2.75) is 6.10 Å². The minimum Gasteiger partial charge on any atom is -0.466 e. The van der Waals surface area contributed by atoms with E-state index in [4.69, 9.17) is 0 Å². The van der Waals surface area contributed by atoms with Gasteiger partial charge in [0.15, 0.2) is 0 Å². The molecule has 0 heterocycles. The Hall–Kier alpha value is -2.21. The molecule has 6 heteroatoms. The molecule has 0 unspecified atom stereocenters. The number of esters is 1. The van der Waals surface area contributed by atoms with Crippen LogP contribution in [0.5, 0.6) is 0 Å². The zero-order chi connectivity index (χ0) is 13.0. The zero-order valence-electron chi connectivity index (χ0n) is 9.12. The molecule has 1 rings (SSSR count). The van der Waals surface area contributed by atoms with Crippen LogP contribution in [0.4, 0.5) is 5.69 Å². The highest BCUT2D eigenvalue weighted by atomic mass is 16.6. The number of nitro benzene ring substituents is 1. The second-order valence-corrected chi connectivity index (χ2v) is 3.24. The SMILES string of the molecule is C=C(C(=O)OC)[C@@H](O)c1ccccc1[N+](=O)[O-]. The smallest absolute Gasteiger partial charge is 0.336 e. The quantitative estimate of drug-likeness (QED) is 0.369. The van der Waals surface area contributed by atoms with E-state index in [9.17, 15) is 20.0 Å². The third kappa shape index (κ3) is 2.67. The number of aliphatic hydroxyl groups excluding tert-OH is 1. The third-order valence-corrected chi connectivity index (χ3v) is 2.21. The molecule has 0 aliphatic heterocycles. The van der Waals surface area contributed by atoms with Gasteiger partial charge in [-0.2, -0.15) is 0 Å². The Bertz CT molecular complexity index is 469. The van der Waals surface area contributed by atoms with Gasteiger partial charge in [0.1, 0.15) is 6.10 Å². The van der Waals surface area contributed by atoms with E-state index in [1.165, 1.54) is 24.3 Å². The molecule has 0 aliphatic carbocycles. The van der Waals surface area contributed by atoms with E-state index in [0.717, 1.165) is 7.11 Å². The highest BCUT2D eigenvalue weighted by Gasteiger charge is 2.25. The summed E-state index contributed by atoms with van der Waals surface area (Å²) in [4.78, 5) is 21.3. The monoisotopic (exact) mass is 237 g/mol. The van der Waals surface area contributed by atoms with Gasteiger partial charge < -0.3 is 9.84 Å². The van der Waals surface area contributed by atoms with Gasteiger partial charge in [-0.3, -0.25) is 10.1 Å². The number of nitro groups is 1. The number of aliphatic hydroxyl groups is 1. The van der Waals surface area contributed by atoms with Crippen molar-refractivity contribution < 1.29 is 19.6 Å². The van der Waals surface area contributed by atoms with Crippen molar-refractivity contribution in [1.29, 1.82) is 0 Å². The van der Waals surface area contributed by atoms with Gasteiger partial charge in [-0.25, -0.2) is 4.79 Å². The number of methoxy groups -OCH3 is 1. The molecule has 1 N–H and O–H groups in total. The van der Waals surface area contributed by atoms with Gasteiger partial charge in [0.25, 0.3) is 5.69 Å². The van der Waals surface area contributed by atoms with E-state index < -0.39 is 17.0 Å². The van der Waals surface area contributed by atoms with Gasteiger partial charge in [-0.15, -0.1) is 0 Å². The summed E-state index contributed by atoms with van der Waals surface area (Å²) in [6, 6.07) is 5.59. The minimum absolute atomic E-state index is 0.00731. The van der Waals surface area contributed by atoms with Crippen LogP contribution in [0, 0.1) is 10.1 Å². The highest BCUT2D eigenvalue weighted by molar-refractivity contribution is 5.89. The Morgan fingerprint density at radius 1 is 1.53 bits per heavy atom. The molecule has 0 saturated heterocycles. The van der Waals surface area contributed by atoms with E-state index in [0.29, 0.717) is 0 Å². The fourth-order valence-electron chi connectivity index (χ4n) is 1.32. The first-order valence-electron chi connectivity index (χ1n) is 4.67. The molecule has 0 aliphatic rings. The molecule has 0 amide bonds. The summed E-state index contributed by atoms with van der Waals surface area (Å²) in [6.07, 6.45) is -1.45. The molecule has 17 heavy (non-hydrogen) atoms. The average Bonchev–Trinajstić information content (AvgIpc) is 2.35. The molecule has 1 aromatic rings. The Kier molecular flexibility index (Phi) is 3.95. The van der Waals surface area contributed by atoms with Crippen LogP contribution in [0.3, 0.4) is 0 Å². The summed E-state index contributed by atoms with van der Waals surface area (Å²) in [5.41, 5.74) is -0.514. The molecule has 0 aromatic heterocycles. The highest BCUT2D eigenvalue weighted by Crippen LogP contribution is 2.29. The molecule has 6 nitrogen and oxygen atoms in total. The maximum absolute atomic E-state index is 11.2. The summed E-state index contributed by atoms with van der Waals surface area (Å²) in [6.45, 7) is 3.36. The first-order chi connectivity index (χ1) is 7.99. The summed E-state index contributed by atoms with van der Waals surface area (Å²) >= 11 is 0. The van der Waals surface area contributed by atoms with Gasteiger partial charge in [-0.1, -0.05) is 18.7 Å². The van der Waals surface area contributed by atoms with E-state index in [1.807, 2.05) is 0 Å². The average molecular weight is 237 g/mol. The first kappa shape index (κ1) is 12.9. The molecule has 0 radical (unpaired) electrons. The van der Waals surface area contributed by atoms with Gasteiger partial charge in [0.2, 0.25) is 0 Å². The Labute approximate surface area is 97.3 Å². The van der Waals surface area contributed by atoms with Crippen LogP contribution < -0.4 is 0 Å². The number of hydrogen-bond donors (Lipinski definition) is 1. The van der Waals surface area contributed by atoms with Gasteiger partial charge in [0.05, 0.1) is 23.2 Å². The van der Waals surface area contributed by atoms with Crippen LogP contribution in [0.15, 0.2) is 36.4 Å². The van der Waals surface area contributed by atoms with E-state index in [1.54, 1.807) is 0 Å². The van der Waals surface area contributed by atoms with Gasteiger partial charge >= 0.3 is 5.97 Å². The summed E-state index contributed by atoms with van der Waals surface area (Å²) < 4.78 is 4.39. The van der Waals surface area contributed by atoms with Gasteiger partial charge in [-0.05, 0) is 6.07 Å². The topological polar surface area (TPSA) is 89.7 Å². The lowest BCUT2D eigenvalue weighted by Crippen LogP contribution is -2.13. The summed E-state index contributed by atoms with van der Waals surface area (Å²) in [5, 5.41) is 20.6. The second kappa shape index (κ2) is 5.22. The van der Waals surface area contributed by atoms with Gasteiger partial charge in [0, 0.05) is 6.07 Å². The van der Waals surface area contributed by atoms with Crippen molar-refractivity contribution >= 4 is 11.7 Å². The predicted octanol–water partition coefficient (Wildman–Crippen LogP) is 1.36. The van der Waals surface area contributed by atoms with E-state index in [2.05, 4.69) is 11.3 Å². The lowest BCUT2D eigenvalue weighted by molar-refractivity contribution is -0.386. The number of carbonyl (C=O) groups is 1. The number of nitrogens with zero attached hydrogens (tertiary/aromatic N) is 1. The lowest BCUT2D eigenvalue weighted by Gasteiger charge is -2.12. The molecular weight excluding hydrogens is 226 g/mol. The number of ether oxygens (including phenoxy) is 1. The number of benzene rings is 1. The molecule has 0 bridgehead atoms. The summed E-state index contributed by atoms with van der Waals surface area (Å²) in [7, 11) is 1.14. The molecule has 0 fully saturated rings. The van der Waals surface area contributed by atoms with Crippen molar-refractivity contribution in [1.82, 2.24) is 0 Å². The van der Waals surface area contributed by atoms with Crippen molar-refractivity contribution in [3.8, 4) is 0 Å². The number of carbonyl (C=O) groups excluding carboxylic acids is 1.